The topological polar surface area (TPSA) is 66.2 Å². The second-order valence-corrected chi connectivity index (χ2v) is 6.77. The average molecular weight is 311 g/mol. The number of aromatic nitrogens is 3. The molecule has 2 saturated heterocycles. The van der Waals surface area contributed by atoms with Gasteiger partial charge in [0.25, 0.3) is 0 Å². The van der Waals surface area contributed by atoms with Gasteiger partial charge >= 0.3 is 5.97 Å². The van der Waals surface area contributed by atoms with Crippen molar-refractivity contribution >= 4 is 17.7 Å². The number of rotatable bonds is 3. The van der Waals surface area contributed by atoms with Gasteiger partial charge < -0.3 is 9.47 Å². The summed E-state index contributed by atoms with van der Waals surface area (Å²) in [5, 5.41) is 8.22. The fourth-order valence-electron chi connectivity index (χ4n) is 3.15. The Morgan fingerprint density at radius 2 is 2.48 bits per heavy atom. The first-order valence-corrected chi connectivity index (χ1v) is 8.61. The molecule has 0 bridgehead atoms. The number of carbonyl (C=O) groups is 1. The van der Waals surface area contributed by atoms with E-state index < -0.39 is 0 Å². The summed E-state index contributed by atoms with van der Waals surface area (Å²) in [6.45, 7) is 4.78. The molecular weight excluding hydrogens is 290 g/mol. The lowest BCUT2D eigenvalue weighted by molar-refractivity contribution is -0.0782. The Morgan fingerprint density at radius 1 is 1.62 bits per heavy atom. The molecule has 116 valence electrons. The molecule has 0 amide bonds. The first-order chi connectivity index (χ1) is 10.2. The summed E-state index contributed by atoms with van der Waals surface area (Å²) < 4.78 is 12.9. The molecule has 21 heavy (non-hydrogen) atoms. The van der Waals surface area contributed by atoms with Crippen molar-refractivity contribution in [3.05, 3.63) is 11.4 Å². The standard InChI is InChI=1S/C14H21N3O3S/c1-3-19-13(18)12-10(2)17(16-15-12)11-4-6-20-14(8-11)5-7-21-9-14/h11H,3-9H2,1-2H3. The number of hydrogen-bond donors (Lipinski definition) is 0. The zero-order valence-electron chi connectivity index (χ0n) is 12.5. The van der Waals surface area contributed by atoms with E-state index in [1.54, 1.807) is 6.92 Å². The zero-order valence-corrected chi connectivity index (χ0v) is 13.3. The predicted octanol–water partition coefficient (Wildman–Crippen LogP) is 1.99. The fourth-order valence-corrected chi connectivity index (χ4v) is 4.53. The maximum atomic E-state index is 11.8. The Bertz CT molecular complexity index is 526. The number of thioether (sulfide) groups is 1. The number of nitrogens with zero attached hydrogens (tertiary/aromatic N) is 3. The van der Waals surface area contributed by atoms with Crippen molar-refractivity contribution in [1.29, 1.82) is 0 Å². The highest BCUT2D eigenvalue weighted by Crippen LogP contribution is 2.42. The summed E-state index contributed by atoms with van der Waals surface area (Å²) in [5.74, 6) is 1.83. The fraction of sp³-hybridized carbons (Fsp3) is 0.786. The molecule has 3 rings (SSSR count). The molecule has 2 aliphatic heterocycles. The van der Waals surface area contributed by atoms with Crippen molar-refractivity contribution in [3.63, 3.8) is 0 Å². The van der Waals surface area contributed by atoms with Crippen LogP contribution in [-0.2, 0) is 9.47 Å². The second kappa shape index (κ2) is 5.96. The third-order valence-electron chi connectivity index (χ3n) is 4.28. The van der Waals surface area contributed by atoms with Gasteiger partial charge in [0, 0.05) is 12.4 Å². The van der Waals surface area contributed by atoms with Gasteiger partial charge in [-0.25, -0.2) is 9.48 Å². The molecule has 3 heterocycles. The van der Waals surface area contributed by atoms with E-state index in [0.29, 0.717) is 12.3 Å². The minimum Gasteiger partial charge on any atom is -0.461 e. The monoisotopic (exact) mass is 311 g/mol. The van der Waals surface area contributed by atoms with Crippen LogP contribution in [0.4, 0.5) is 0 Å². The van der Waals surface area contributed by atoms with Crippen LogP contribution in [0.2, 0.25) is 0 Å². The van der Waals surface area contributed by atoms with E-state index in [2.05, 4.69) is 10.3 Å². The normalized spacial score (nSPS) is 29.0. The first kappa shape index (κ1) is 14.8. The molecule has 1 spiro atoms. The van der Waals surface area contributed by atoms with Crippen LogP contribution in [0.5, 0.6) is 0 Å². The predicted molar refractivity (Wildman–Crippen MR) is 79.6 cm³/mol. The van der Waals surface area contributed by atoms with Gasteiger partial charge in [-0.2, -0.15) is 11.8 Å². The smallest absolute Gasteiger partial charge is 0.360 e. The van der Waals surface area contributed by atoms with Gasteiger partial charge in [-0.15, -0.1) is 5.10 Å². The lowest BCUT2D eigenvalue weighted by atomic mass is 9.90. The highest BCUT2D eigenvalue weighted by Gasteiger charge is 2.41. The molecular formula is C14H21N3O3S. The third-order valence-corrected chi connectivity index (χ3v) is 5.50. The van der Waals surface area contributed by atoms with Crippen molar-refractivity contribution < 1.29 is 14.3 Å². The van der Waals surface area contributed by atoms with E-state index in [1.165, 1.54) is 0 Å². The lowest BCUT2D eigenvalue weighted by Gasteiger charge is -2.37. The number of esters is 1. The summed E-state index contributed by atoms with van der Waals surface area (Å²) in [5.41, 5.74) is 1.12. The quantitative estimate of drug-likeness (QED) is 0.795. The highest BCUT2D eigenvalue weighted by molar-refractivity contribution is 7.99. The van der Waals surface area contributed by atoms with E-state index in [4.69, 9.17) is 9.47 Å². The molecule has 2 atom stereocenters. The lowest BCUT2D eigenvalue weighted by Crippen LogP contribution is -2.41. The number of hydrogen-bond acceptors (Lipinski definition) is 6. The maximum Gasteiger partial charge on any atom is 0.360 e. The average Bonchev–Trinajstić information content (AvgIpc) is 3.06. The van der Waals surface area contributed by atoms with Gasteiger partial charge in [0.2, 0.25) is 0 Å². The van der Waals surface area contributed by atoms with E-state index in [9.17, 15) is 4.79 Å². The molecule has 1 aromatic rings. The Hall–Kier alpha value is -1.08. The molecule has 2 unspecified atom stereocenters. The van der Waals surface area contributed by atoms with Gasteiger partial charge in [0.15, 0.2) is 5.69 Å². The summed E-state index contributed by atoms with van der Waals surface area (Å²) in [4.78, 5) is 11.8. The molecule has 0 radical (unpaired) electrons. The maximum absolute atomic E-state index is 11.8. The van der Waals surface area contributed by atoms with Crippen LogP contribution < -0.4 is 0 Å². The third kappa shape index (κ3) is 2.81. The largest absolute Gasteiger partial charge is 0.461 e. The SMILES string of the molecule is CCOC(=O)c1nnn(C2CCOC3(CCSC3)C2)c1C. The van der Waals surface area contributed by atoms with Gasteiger partial charge in [-0.05, 0) is 38.9 Å². The molecule has 2 aliphatic rings. The highest BCUT2D eigenvalue weighted by atomic mass is 32.2. The van der Waals surface area contributed by atoms with Crippen molar-refractivity contribution in [2.24, 2.45) is 0 Å². The van der Waals surface area contributed by atoms with E-state index in [0.717, 1.165) is 43.1 Å². The Labute approximate surface area is 128 Å². The summed E-state index contributed by atoms with van der Waals surface area (Å²) in [6.07, 6.45) is 2.97. The van der Waals surface area contributed by atoms with Crippen molar-refractivity contribution in [1.82, 2.24) is 15.0 Å². The Kier molecular flexibility index (Phi) is 4.21. The van der Waals surface area contributed by atoms with Crippen LogP contribution in [0, 0.1) is 6.92 Å². The molecule has 0 N–H and O–H groups in total. The number of carbonyl (C=O) groups excluding carboxylic acids is 1. The minimum atomic E-state index is -0.389. The molecule has 2 fully saturated rings. The first-order valence-electron chi connectivity index (χ1n) is 7.46. The van der Waals surface area contributed by atoms with Gasteiger partial charge in [-0.1, -0.05) is 5.21 Å². The Balaban J connectivity index is 1.79. The van der Waals surface area contributed by atoms with Crippen molar-refractivity contribution in [2.45, 2.75) is 44.8 Å². The van der Waals surface area contributed by atoms with Crippen LogP contribution in [0.15, 0.2) is 0 Å². The Morgan fingerprint density at radius 3 is 3.19 bits per heavy atom. The summed E-state index contributed by atoms with van der Waals surface area (Å²) in [6, 6.07) is 0.258. The van der Waals surface area contributed by atoms with E-state index >= 15 is 0 Å². The van der Waals surface area contributed by atoms with E-state index in [1.807, 2.05) is 23.4 Å². The van der Waals surface area contributed by atoms with Crippen molar-refractivity contribution in [2.75, 3.05) is 24.7 Å². The molecule has 0 saturated carbocycles. The molecule has 0 aliphatic carbocycles. The van der Waals surface area contributed by atoms with Crippen LogP contribution >= 0.6 is 11.8 Å². The van der Waals surface area contributed by atoms with Crippen LogP contribution in [0.3, 0.4) is 0 Å². The molecule has 6 nitrogen and oxygen atoms in total. The summed E-state index contributed by atoms with van der Waals surface area (Å²) in [7, 11) is 0. The molecule has 7 heteroatoms. The van der Waals surface area contributed by atoms with E-state index in [-0.39, 0.29) is 17.6 Å². The zero-order chi connectivity index (χ0) is 14.9. The number of ether oxygens (including phenoxy) is 2. The minimum absolute atomic E-state index is 0.00390. The van der Waals surface area contributed by atoms with Gasteiger partial charge in [0.1, 0.15) is 0 Å². The van der Waals surface area contributed by atoms with Crippen molar-refractivity contribution in [3.8, 4) is 0 Å². The van der Waals surface area contributed by atoms with Crippen LogP contribution in [-0.4, -0.2) is 51.3 Å². The summed E-state index contributed by atoms with van der Waals surface area (Å²) >= 11 is 1.95. The van der Waals surface area contributed by atoms with Crippen LogP contribution in [0.1, 0.15) is 48.4 Å². The molecule has 1 aromatic heterocycles. The van der Waals surface area contributed by atoms with Gasteiger partial charge in [0.05, 0.1) is 23.9 Å². The van der Waals surface area contributed by atoms with Gasteiger partial charge in [-0.3, -0.25) is 0 Å². The van der Waals surface area contributed by atoms with Crippen LogP contribution in [0.25, 0.3) is 0 Å². The second-order valence-electron chi connectivity index (χ2n) is 5.67. The molecule has 0 aromatic carbocycles.